The second-order valence-electron chi connectivity index (χ2n) is 2.00. The van der Waals surface area contributed by atoms with Crippen LogP contribution in [0.1, 0.15) is 12.5 Å². The molecule has 1 nitrogen and oxygen atoms in total. The maximum absolute atomic E-state index is 5.51. The summed E-state index contributed by atoms with van der Waals surface area (Å²) in [6.07, 6.45) is 1.00. The Morgan fingerprint density at radius 3 is 2.89 bits per heavy atom. The Bertz CT molecular complexity index is 194. The Balaban J connectivity index is 2.94. The van der Waals surface area contributed by atoms with Gasteiger partial charge in [0.05, 0.1) is 0 Å². The molecule has 0 saturated carbocycles. The summed E-state index contributed by atoms with van der Waals surface area (Å²) in [7, 11) is 0. The molecule has 0 saturated heterocycles. The fourth-order valence-corrected chi connectivity index (χ4v) is 0.740. The molecule has 0 aliphatic rings. The molecule has 0 bridgehead atoms. The minimum atomic E-state index is 0.825. The zero-order chi connectivity index (χ0) is 6.69. The van der Waals surface area contributed by atoms with E-state index in [1.165, 1.54) is 5.56 Å². The summed E-state index contributed by atoms with van der Waals surface area (Å²) in [5.41, 5.74) is 7.51. The Morgan fingerprint density at radius 1 is 1.67 bits per heavy atom. The number of hydrogen-bond acceptors (Lipinski definition) is 1. The van der Waals surface area contributed by atoms with Crippen molar-refractivity contribution in [2.24, 2.45) is 0 Å². The number of benzene rings is 1. The average Bonchev–Trinajstić information content (AvgIpc) is 1.88. The predicted octanol–water partition coefficient (Wildman–Crippen LogP) is 1.63. The molecule has 1 rings (SSSR count). The van der Waals surface area contributed by atoms with Crippen molar-refractivity contribution in [3.63, 3.8) is 0 Å². The van der Waals surface area contributed by atoms with Crippen LogP contribution in [-0.4, -0.2) is 0 Å². The number of anilines is 1. The SMILES string of the molecule is CCc1[c]ccc(N)c1. The van der Waals surface area contributed by atoms with Gasteiger partial charge in [0.1, 0.15) is 0 Å². The lowest BCUT2D eigenvalue weighted by Gasteiger charge is -1.94. The van der Waals surface area contributed by atoms with Gasteiger partial charge in [-0.2, -0.15) is 0 Å². The summed E-state index contributed by atoms with van der Waals surface area (Å²) in [5, 5.41) is 0. The highest BCUT2D eigenvalue weighted by Crippen LogP contribution is 2.05. The Hall–Kier alpha value is -0.980. The fourth-order valence-electron chi connectivity index (χ4n) is 0.740. The van der Waals surface area contributed by atoms with Gasteiger partial charge in [0.25, 0.3) is 0 Å². The molecule has 0 aliphatic carbocycles. The Kier molecular flexibility index (Phi) is 1.73. The van der Waals surface area contributed by atoms with Crippen LogP contribution < -0.4 is 5.73 Å². The zero-order valence-corrected chi connectivity index (χ0v) is 5.52. The third-order valence-corrected chi connectivity index (χ3v) is 1.27. The molecule has 0 unspecified atom stereocenters. The van der Waals surface area contributed by atoms with Gasteiger partial charge in [0.15, 0.2) is 0 Å². The summed E-state index contributed by atoms with van der Waals surface area (Å²) in [6, 6.07) is 8.73. The number of nitrogen functional groups attached to an aromatic ring is 1. The molecular weight excluding hydrogens is 110 g/mol. The zero-order valence-electron chi connectivity index (χ0n) is 5.52. The van der Waals surface area contributed by atoms with Gasteiger partial charge < -0.3 is 5.73 Å². The van der Waals surface area contributed by atoms with E-state index in [0.29, 0.717) is 0 Å². The third-order valence-electron chi connectivity index (χ3n) is 1.27. The second-order valence-corrected chi connectivity index (χ2v) is 2.00. The van der Waals surface area contributed by atoms with Crippen LogP contribution >= 0.6 is 0 Å². The van der Waals surface area contributed by atoms with E-state index in [0.717, 1.165) is 12.1 Å². The third kappa shape index (κ3) is 1.46. The smallest absolute Gasteiger partial charge is 0.0317 e. The van der Waals surface area contributed by atoms with Crippen molar-refractivity contribution in [2.45, 2.75) is 13.3 Å². The summed E-state index contributed by atoms with van der Waals surface area (Å²) in [5.74, 6) is 0. The van der Waals surface area contributed by atoms with Crippen LogP contribution in [0.4, 0.5) is 5.69 Å². The minimum absolute atomic E-state index is 0.825. The summed E-state index contributed by atoms with van der Waals surface area (Å²) >= 11 is 0. The van der Waals surface area contributed by atoms with E-state index in [2.05, 4.69) is 13.0 Å². The molecule has 9 heavy (non-hydrogen) atoms. The van der Waals surface area contributed by atoms with Gasteiger partial charge in [-0.1, -0.05) is 13.0 Å². The molecule has 0 spiro atoms. The van der Waals surface area contributed by atoms with Gasteiger partial charge in [-0.25, -0.2) is 0 Å². The van der Waals surface area contributed by atoms with Crippen molar-refractivity contribution in [3.8, 4) is 0 Å². The number of aryl methyl sites for hydroxylation is 1. The van der Waals surface area contributed by atoms with Crippen LogP contribution in [0.5, 0.6) is 0 Å². The number of hydrogen-bond donors (Lipinski definition) is 1. The van der Waals surface area contributed by atoms with Gasteiger partial charge in [-0.15, -0.1) is 0 Å². The lowest BCUT2D eigenvalue weighted by Crippen LogP contribution is -1.86. The lowest BCUT2D eigenvalue weighted by molar-refractivity contribution is 1.14. The van der Waals surface area contributed by atoms with Crippen molar-refractivity contribution < 1.29 is 0 Å². The van der Waals surface area contributed by atoms with Gasteiger partial charge in [0, 0.05) is 5.69 Å². The average molecular weight is 120 g/mol. The second kappa shape index (κ2) is 2.53. The lowest BCUT2D eigenvalue weighted by atomic mass is 10.1. The minimum Gasteiger partial charge on any atom is -0.399 e. The van der Waals surface area contributed by atoms with Crippen molar-refractivity contribution >= 4 is 5.69 Å². The Labute approximate surface area is 55.5 Å². The van der Waals surface area contributed by atoms with Crippen LogP contribution in [0.15, 0.2) is 18.2 Å². The molecule has 47 valence electrons. The molecule has 0 amide bonds. The predicted molar refractivity (Wildman–Crippen MR) is 39.1 cm³/mol. The molecular formula is C8H10N. The summed E-state index contributed by atoms with van der Waals surface area (Å²) in [6.45, 7) is 2.09. The molecule has 1 radical (unpaired) electrons. The van der Waals surface area contributed by atoms with Crippen LogP contribution in [0.2, 0.25) is 0 Å². The first-order valence-corrected chi connectivity index (χ1v) is 3.09. The highest BCUT2D eigenvalue weighted by molar-refractivity contribution is 5.39. The van der Waals surface area contributed by atoms with E-state index in [1.54, 1.807) is 0 Å². The van der Waals surface area contributed by atoms with Crippen LogP contribution in [0.3, 0.4) is 0 Å². The van der Waals surface area contributed by atoms with Crippen molar-refractivity contribution in [3.05, 3.63) is 29.8 Å². The maximum atomic E-state index is 5.51. The van der Waals surface area contributed by atoms with Gasteiger partial charge >= 0.3 is 0 Å². The van der Waals surface area contributed by atoms with E-state index in [9.17, 15) is 0 Å². The van der Waals surface area contributed by atoms with Gasteiger partial charge in [0.2, 0.25) is 0 Å². The normalized spacial score (nSPS) is 9.44. The highest BCUT2D eigenvalue weighted by Gasteiger charge is 1.87. The van der Waals surface area contributed by atoms with E-state index in [-0.39, 0.29) is 0 Å². The highest BCUT2D eigenvalue weighted by atomic mass is 14.5. The standard InChI is InChI=1S/C8H10N/c1-2-7-4-3-5-8(9)6-7/h3,5-6H,2,9H2,1H3. The van der Waals surface area contributed by atoms with Crippen LogP contribution in [0.25, 0.3) is 0 Å². The van der Waals surface area contributed by atoms with Gasteiger partial charge in [-0.3, -0.25) is 0 Å². The molecule has 0 aromatic heterocycles. The van der Waals surface area contributed by atoms with Crippen molar-refractivity contribution in [1.82, 2.24) is 0 Å². The van der Waals surface area contributed by atoms with E-state index < -0.39 is 0 Å². The Morgan fingerprint density at radius 2 is 2.44 bits per heavy atom. The van der Waals surface area contributed by atoms with Crippen LogP contribution in [-0.2, 0) is 6.42 Å². The van der Waals surface area contributed by atoms with Crippen molar-refractivity contribution in [1.29, 1.82) is 0 Å². The van der Waals surface area contributed by atoms with Crippen molar-refractivity contribution in [2.75, 3.05) is 5.73 Å². The van der Waals surface area contributed by atoms with Crippen LogP contribution in [0, 0.1) is 6.07 Å². The quantitative estimate of drug-likeness (QED) is 0.560. The molecule has 0 atom stereocenters. The summed E-state index contributed by atoms with van der Waals surface area (Å²) < 4.78 is 0. The first kappa shape index (κ1) is 6.14. The molecule has 0 fully saturated rings. The van der Waals surface area contributed by atoms with Gasteiger partial charge in [-0.05, 0) is 30.2 Å². The summed E-state index contributed by atoms with van der Waals surface area (Å²) in [4.78, 5) is 0. The molecule has 0 aliphatic heterocycles. The van der Waals surface area contributed by atoms with E-state index >= 15 is 0 Å². The monoisotopic (exact) mass is 120 g/mol. The first-order valence-electron chi connectivity index (χ1n) is 3.09. The first-order chi connectivity index (χ1) is 4.33. The van der Waals surface area contributed by atoms with E-state index in [1.807, 2.05) is 18.2 Å². The number of nitrogens with two attached hydrogens (primary N) is 1. The molecule has 2 N–H and O–H groups in total. The molecule has 1 aromatic carbocycles. The molecule has 1 heteroatoms. The molecule has 0 heterocycles. The fraction of sp³-hybridized carbons (Fsp3) is 0.250. The van der Waals surface area contributed by atoms with E-state index in [4.69, 9.17) is 5.73 Å². The maximum Gasteiger partial charge on any atom is 0.0317 e. The molecule has 1 aromatic rings. The topological polar surface area (TPSA) is 26.0 Å². The largest absolute Gasteiger partial charge is 0.399 e. The number of rotatable bonds is 1.